The van der Waals surface area contributed by atoms with Gasteiger partial charge < -0.3 is 5.32 Å². The van der Waals surface area contributed by atoms with Crippen LogP contribution in [0.2, 0.25) is 0 Å². The van der Waals surface area contributed by atoms with Gasteiger partial charge >= 0.3 is 6.18 Å². The minimum Gasteiger partial charge on any atom is -0.378 e. The van der Waals surface area contributed by atoms with Gasteiger partial charge in [-0.1, -0.05) is 62.2 Å². The average Bonchev–Trinajstić information content (AvgIpc) is 2.64. The third kappa shape index (κ3) is 4.18. The maximum Gasteiger partial charge on any atom is 0.416 e. The molecule has 0 aliphatic heterocycles. The van der Waals surface area contributed by atoms with Crippen LogP contribution < -0.4 is 5.32 Å². The standard InChI is InChI=1S/C22H22F3N/c1-2-3-11-21(20-10-6-8-16-7-4-5-9-19(16)20)26-18-14-12-17(13-15-18)22(23,24)25/h4-10,12-15,21,26H,2-3,11H2,1H3. The number of hydrogen-bond donors (Lipinski definition) is 1. The van der Waals surface area contributed by atoms with Gasteiger partial charge in [0.2, 0.25) is 0 Å². The molecule has 1 unspecified atom stereocenters. The van der Waals surface area contributed by atoms with Crippen LogP contribution in [0.4, 0.5) is 18.9 Å². The molecular weight excluding hydrogens is 335 g/mol. The normalized spacial score (nSPS) is 12.9. The molecule has 4 heteroatoms. The van der Waals surface area contributed by atoms with Crippen molar-refractivity contribution in [1.82, 2.24) is 0 Å². The van der Waals surface area contributed by atoms with Gasteiger partial charge in [-0.3, -0.25) is 0 Å². The van der Waals surface area contributed by atoms with Gasteiger partial charge in [0.05, 0.1) is 11.6 Å². The molecule has 1 atom stereocenters. The van der Waals surface area contributed by atoms with Gasteiger partial charge in [-0.05, 0) is 47.0 Å². The van der Waals surface area contributed by atoms with E-state index in [4.69, 9.17) is 0 Å². The van der Waals surface area contributed by atoms with Crippen LogP contribution in [0.5, 0.6) is 0 Å². The summed E-state index contributed by atoms with van der Waals surface area (Å²) >= 11 is 0. The molecule has 0 spiro atoms. The van der Waals surface area contributed by atoms with Crippen molar-refractivity contribution in [2.75, 3.05) is 5.32 Å². The summed E-state index contributed by atoms with van der Waals surface area (Å²) in [5.74, 6) is 0. The molecule has 0 radical (unpaired) electrons. The van der Waals surface area contributed by atoms with Gasteiger partial charge in [-0.2, -0.15) is 13.2 Å². The molecule has 0 aromatic heterocycles. The SMILES string of the molecule is CCCCC(Nc1ccc(C(F)(F)F)cc1)c1cccc2ccccc12. The Morgan fingerprint density at radius 3 is 2.27 bits per heavy atom. The van der Waals surface area contributed by atoms with E-state index < -0.39 is 11.7 Å². The van der Waals surface area contributed by atoms with Crippen LogP contribution in [0.3, 0.4) is 0 Å². The van der Waals surface area contributed by atoms with E-state index in [-0.39, 0.29) is 6.04 Å². The quantitative estimate of drug-likeness (QED) is 0.492. The van der Waals surface area contributed by atoms with Crippen molar-refractivity contribution in [2.45, 2.75) is 38.4 Å². The highest BCUT2D eigenvalue weighted by atomic mass is 19.4. The second-order valence-electron chi connectivity index (χ2n) is 6.48. The zero-order valence-electron chi connectivity index (χ0n) is 14.7. The lowest BCUT2D eigenvalue weighted by Crippen LogP contribution is -2.12. The number of anilines is 1. The molecule has 0 bridgehead atoms. The van der Waals surface area contributed by atoms with Crippen LogP contribution in [0.25, 0.3) is 10.8 Å². The minimum absolute atomic E-state index is 0.0535. The zero-order chi connectivity index (χ0) is 18.6. The van der Waals surface area contributed by atoms with Gasteiger partial charge in [0.1, 0.15) is 0 Å². The number of rotatable bonds is 6. The topological polar surface area (TPSA) is 12.0 Å². The van der Waals surface area contributed by atoms with Gasteiger partial charge in [-0.25, -0.2) is 0 Å². The molecule has 0 saturated heterocycles. The molecule has 1 nitrogen and oxygen atoms in total. The van der Waals surface area contributed by atoms with Crippen LogP contribution in [-0.4, -0.2) is 0 Å². The van der Waals surface area contributed by atoms with Crippen LogP contribution >= 0.6 is 0 Å². The predicted octanol–water partition coefficient (Wildman–Crippen LogP) is 7.20. The number of alkyl halides is 3. The fraction of sp³-hybridized carbons (Fsp3) is 0.273. The maximum absolute atomic E-state index is 12.8. The first-order valence-electron chi connectivity index (χ1n) is 8.90. The van der Waals surface area contributed by atoms with Gasteiger partial charge in [0, 0.05) is 5.69 Å². The predicted molar refractivity (Wildman–Crippen MR) is 101 cm³/mol. The fourth-order valence-corrected chi connectivity index (χ4v) is 3.22. The van der Waals surface area contributed by atoms with Crippen molar-refractivity contribution >= 4 is 16.5 Å². The first-order chi connectivity index (χ1) is 12.5. The number of unbranched alkanes of at least 4 members (excludes halogenated alkanes) is 1. The van der Waals surface area contributed by atoms with Crippen LogP contribution in [-0.2, 0) is 6.18 Å². The summed E-state index contributed by atoms with van der Waals surface area (Å²) in [7, 11) is 0. The summed E-state index contributed by atoms with van der Waals surface area (Å²) in [4.78, 5) is 0. The van der Waals surface area contributed by atoms with Crippen molar-refractivity contribution < 1.29 is 13.2 Å². The van der Waals surface area contributed by atoms with E-state index in [0.29, 0.717) is 5.69 Å². The van der Waals surface area contributed by atoms with E-state index in [2.05, 4.69) is 36.5 Å². The van der Waals surface area contributed by atoms with Gasteiger partial charge in [0.15, 0.2) is 0 Å². The molecule has 3 aromatic rings. The lowest BCUT2D eigenvalue weighted by atomic mass is 9.95. The third-order valence-corrected chi connectivity index (χ3v) is 4.60. The smallest absolute Gasteiger partial charge is 0.378 e. The molecule has 0 heterocycles. The first-order valence-corrected chi connectivity index (χ1v) is 8.90. The highest BCUT2D eigenvalue weighted by Gasteiger charge is 2.30. The van der Waals surface area contributed by atoms with Gasteiger partial charge in [-0.15, -0.1) is 0 Å². The number of halogens is 3. The monoisotopic (exact) mass is 357 g/mol. The van der Waals surface area contributed by atoms with Crippen molar-refractivity contribution in [3.05, 3.63) is 77.9 Å². The second kappa shape index (κ2) is 7.81. The Hall–Kier alpha value is -2.49. The largest absolute Gasteiger partial charge is 0.416 e. The number of hydrogen-bond acceptors (Lipinski definition) is 1. The molecular formula is C22H22F3N. The second-order valence-corrected chi connectivity index (χ2v) is 6.48. The van der Waals surface area contributed by atoms with E-state index in [1.165, 1.54) is 28.5 Å². The lowest BCUT2D eigenvalue weighted by Gasteiger charge is -2.22. The molecule has 3 aromatic carbocycles. The minimum atomic E-state index is -4.31. The van der Waals surface area contributed by atoms with Gasteiger partial charge in [0.25, 0.3) is 0 Å². The maximum atomic E-state index is 12.8. The van der Waals surface area contributed by atoms with E-state index in [1.54, 1.807) is 0 Å². The van der Waals surface area contributed by atoms with E-state index in [9.17, 15) is 13.2 Å². The number of fused-ring (bicyclic) bond motifs is 1. The van der Waals surface area contributed by atoms with Crippen molar-refractivity contribution in [3.63, 3.8) is 0 Å². The van der Waals surface area contributed by atoms with E-state index >= 15 is 0 Å². The van der Waals surface area contributed by atoms with Crippen LogP contribution in [0, 0.1) is 0 Å². The first kappa shape index (κ1) is 18.3. The molecule has 136 valence electrons. The van der Waals surface area contributed by atoms with E-state index in [0.717, 1.165) is 31.4 Å². The third-order valence-electron chi connectivity index (χ3n) is 4.60. The fourth-order valence-electron chi connectivity index (χ4n) is 3.22. The Kier molecular flexibility index (Phi) is 5.50. The summed E-state index contributed by atoms with van der Waals surface area (Å²) in [6, 6.07) is 19.7. The molecule has 0 aliphatic rings. The number of benzene rings is 3. The van der Waals surface area contributed by atoms with Crippen molar-refractivity contribution in [1.29, 1.82) is 0 Å². The summed E-state index contributed by atoms with van der Waals surface area (Å²) in [6.45, 7) is 2.14. The Morgan fingerprint density at radius 2 is 1.58 bits per heavy atom. The summed E-state index contributed by atoms with van der Waals surface area (Å²) in [5.41, 5.74) is 1.25. The summed E-state index contributed by atoms with van der Waals surface area (Å²) < 4.78 is 38.3. The Labute approximate surface area is 151 Å². The molecule has 1 N–H and O–H groups in total. The Balaban J connectivity index is 1.91. The van der Waals surface area contributed by atoms with Crippen molar-refractivity contribution in [3.8, 4) is 0 Å². The molecule has 3 rings (SSSR count). The molecule has 0 saturated carbocycles. The van der Waals surface area contributed by atoms with Crippen LogP contribution in [0.1, 0.15) is 43.4 Å². The number of nitrogens with one attached hydrogen (secondary N) is 1. The highest BCUT2D eigenvalue weighted by Crippen LogP contribution is 2.33. The Bertz CT molecular complexity index is 848. The zero-order valence-corrected chi connectivity index (χ0v) is 14.7. The van der Waals surface area contributed by atoms with E-state index in [1.807, 2.05) is 18.2 Å². The summed E-state index contributed by atoms with van der Waals surface area (Å²) in [6.07, 6.45) is -1.28. The molecule has 0 amide bonds. The lowest BCUT2D eigenvalue weighted by molar-refractivity contribution is -0.137. The van der Waals surface area contributed by atoms with Crippen molar-refractivity contribution in [2.24, 2.45) is 0 Å². The highest BCUT2D eigenvalue weighted by molar-refractivity contribution is 5.86. The summed E-state index contributed by atoms with van der Waals surface area (Å²) in [5, 5.41) is 5.78. The molecule has 0 aliphatic carbocycles. The molecule has 26 heavy (non-hydrogen) atoms. The molecule has 0 fully saturated rings. The average molecular weight is 357 g/mol. The Morgan fingerprint density at radius 1 is 0.885 bits per heavy atom. The van der Waals surface area contributed by atoms with Crippen LogP contribution in [0.15, 0.2) is 66.7 Å².